The number of hydrogen-bond acceptors (Lipinski definition) is 0. The van der Waals surface area contributed by atoms with Crippen molar-refractivity contribution in [3.63, 3.8) is 0 Å². The SMILES string of the molecule is C/C=C/CC[C@H]1CC[C@H](/C=C/CCC2CCC([C@H]3CC[C@H](CCC)CC3)CC2)CC1. The Morgan fingerprint density at radius 3 is 1.53 bits per heavy atom. The zero-order chi connectivity index (χ0) is 21.0. The van der Waals surface area contributed by atoms with Gasteiger partial charge in [0.15, 0.2) is 0 Å². The molecule has 0 amide bonds. The van der Waals surface area contributed by atoms with Crippen LogP contribution in [-0.4, -0.2) is 0 Å². The van der Waals surface area contributed by atoms with E-state index in [1.165, 1.54) is 77.0 Å². The van der Waals surface area contributed by atoms with Gasteiger partial charge in [-0.3, -0.25) is 0 Å². The zero-order valence-electron chi connectivity index (χ0n) is 20.5. The van der Waals surface area contributed by atoms with Crippen LogP contribution < -0.4 is 0 Å². The average Bonchev–Trinajstić information content (AvgIpc) is 2.79. The fourth-order valence-electron chi connectivity index (χ4n) is 7.09. The first-order chi connectivity index (χ1) is 14.8. The molecule has 0 aromatic heterocycles. The monoisotopic (exact) mass is 412 g/mol. The van der Waals surface area contributed by atoms with Gasteiger partial charge in [0.05, 0.1) is 0 Å². The molecule has 172 valence electrons. The summed E-state index contributed by atoms with van der Waals surface area (Å²) in [5.74, 6) is 6.17. The maximum Gasteiger partial charge on any atom is -0.0233 e. The van der Waals surface area contributed by atoms with Gasteiger partial charge in [0.1, 0.15) is 0 Å². The molecule has 0 spiro atoms. The Hall–Kier alpha value is -0.520. The molecule has 3 fully saturated rings. The van der Waals surface area contributed by atoms with Gasteiger partial charge < -0.3 is 0 Å². The van der Waals surface area contributed by atoms with E-state index < -0.39 is 0 Å². The summed E-state index contributed by atoms with van der Waals surface area (Å²) >= 11 is 0. The van der Waals surface area contributed by atoms with Crippen LogP contribution in [0.15, 0.2) is 24.3 Å². The van der Waals surface area contributed by atoms with Crippen LogP contribution in [0.1, 0.15) is 129 Å². The van der Waals surface area contributed by atoms with E-state index in [1.807, 2.05) is 0 Å². The summed E-state index contributed by atoms with van der Waals surface area (Å²) in [6.07, 6.45) is 36.3. The molecule has 0 bridgehead atoms. The van der Waals surface area contributed by atoms with E-state index in [9.17, 15) is 0 Å². The highest BCUT2D eigenvalue weighted by Crippen LogP contribution is 2.43. The molecule has 0 unspecified atom stereocenters. The Labute approximate surface area is 189 Å². The Bertz CT molecular complexity index is 476. The lowest BCUT2D eigenvalue weighted by molar-refractivity contribution is 0.141. The van der Waals surface area contributed by atoms with Crippen molar-refractivity contribution in [3.8, 4) is 0 Å². The quantitative estimate of drug-likeness (QED) is 0.313. The molecular formula is C30H52. The normalized spacial score (nSPS) is 35.9. The number of rotatable bonds is 10. The Balaban J connectivity index is 1.23. The van der Waals surface area contributed by atoms with Gasteiger partial charge >= 0.3 is 0 Å². The highest BCUT2D eigenvalue weighted by molar-refractivity contribution is 4.92. The Kier molecular flexibility index (Phi) is 11.1. The average molecular weight is 413 g/mol. The van der Waals surface area contributed by atoms with Crippen LogP contribution in [0.25, 0.3) is 0 Å². The van der Waals surface area contributed by atoms with E-state index in [0.29, 0.717) is 0 Å². The molecule has 3 saturated carbocycles. The maximum atomic E-state index is 2.60. The van der Waals surface area contributed by atoms with Gasteiger partial charge in [-0.1, -0.05) is 69.8 Å². The van der Waals surface area contributed by atoms with E-state index in [0.717, 1.165) is 35.5 Å². The van der Waals surface area contributed by atoms with E-state index in [2.05, 4.69) is 38.2 Å². The minimum absolute atomic E-state index is 0.890. The third-order valence-corrected chi connectivity index (χ3v) is 9.16. The van der Waals surface area contributed by atoms with Crippen molar-refractivity contribution >= 4 is 0 Å². The van der Waals surface area contributed by atoms with Crippen molar-refractivity contribution < 1.29 is 0 Å². The molecule has 0 aliphatic heterocycles. The van der Waals surface area contributed by atoms with E-state index >= 15 is 0 Å². The fourth-order valence-corrected chi connectivity index (χ4v) is 7.09. The highest BCUT2D eigenvalue weighted by atomic mass is 14.4. The predicted molar refractivity (Wildman–Crippen MR) is 134 cm³/mol. The topological polar surface area (TPSA) is 0 Å². The Morgan fingerprint density at radius 1 is 0.567 bits per heavy atom. The Morgan fingerprint density at radius 2 is 1.03 bits per heavy atom. The van der Waals surface area contributed by atoms with Crippen molar-refractivity contribution in [2.75, 3.05) is 0 Å². The van der Waals surface area contributed by atoms with Crippen LogP contribution in [0.3, 0.4) is 0 Å². The summed E-state index contributed by atoms with van der Waals surface area (Å²) in [4.78, 5) is 0. The summed E-state index contributed by atoms with van der Waals surface area (Å²) in [5.41, 5.74) is 0. The fraction of sp³-hybridized carbons (Fsp3) is 0.867. The largest absolute Gasteiger partial charge is 0.0917 e. The second-order valence-electron chi connectivity index (χ2n) is 11.3. The molecule has 0 radical (unpaired) electrons. The summed E-state index contributed by atoms with van der Waals surface area (Å²) in [7, 11) is 0. The summed E-state index contributed by atoms with van der Waals surface area (Å²) < 4.78 is 0. The second-order valence-corrected chi connectivity index (χ2v) is 11.3. The lowest BCUT2D eigenvalue weighted by Gasteiger charge is -2.38. The smallest absolute Gasteiger partial charge is 0.0233 e. The van der Waals surface area contributed by atoms with Gasteiger partial charge in [-0.2, -0.15) is 0 Å². The first kappa shape index (κ1) is 24.1. The van der Waals surface area contributed by atoms with Crippen molar-refractivity contribution in [1.29, 1.82) is 0 Å². The van der Waals surface area contributed by atoms with Crippen LogP contribution in [0.5, 0.6) is 0 Å². The van der Waals surface area contributed by atoms with E-state index in [4.69, 9.17) is 0 Å². The summed E-state index contributed by atoms with van der Waals surface area (Å²) in [5, 5.41) is 0. The van der Waals surface area contributed by atoms with Crippen molar-refractivity contribution in [1.82, 2.24) is 0 Å². The lowest BCUT2D eigenvalue weighted by Crippen LogP contribution is -2.25. The minimum atomic E-state index is 0.890. The second kappa shape index (κ2) is 13.8. The van der Waals surface area contributed by atoms with Crippen molar-refractivity contribution in [2.45, 2.75) is 129 Å². The van der Waals surface area contributed by atoms with Crippen LogP contribution in [0, 0.1) is 35.5 Å². The number of allylic oxidation sites excluding steroid dienone is 4. The molecule has 0 heteroatoms. The predicted octanol–water partition coefficient (Wildman–Crippen LogP) is 9.90. The molecule has 0 atom stereocenters. The molecule has 0 aromatic rings. The molecular weight excluding hydrogens is 360 g/mol. The molecule has 0 heterocycles. The molecule has 3 rings (SSSR count). The molecule has 30 heavy (non-hydrogen) atoms. The maximum absolute atomic E-state index is 2.60. The first-order valence-electron chi connectivity index (χ1n) is 14.1. The van der Waals surface area contributed by atoms with Gasteiger partial charge in [0.25, 0.3) is 0 Å². The third kappa shape index (κ3) is 8.20. The first-order valence-corrected chi connectivity index (χ1v) is 14.1. The van der Waals surface area contributed by atoms with Crippen molar-refractivity contribution in [2.24, 2.45) is 35.5 Å². The van der Waals surface area contributed by atoms with Gasteiger partial charge in [-0.15, -0.1) is 0 Å². The lowest BCUT2D eigenvalue weighted by atomic mass is 9.68. The van der Waals surface area contributed by atoms with E-state index in [1.54, 1.807) is 38.5 Å². The minimum Gasteiger partial charge on any atom is -0.0917 e. The van der Waals surface area contributed by atoms with Crippen LogP contribution in [0.4, 0.5) is 0 Å². The van der Waals surface area contributed by atoms with Gasteiger partial charge in [-0.05, 0) is 119 Å². The summed E-state index contributed by atoms with van der Waals surface area (Å²) in [6.45, 7) is 4.51. The third-order valence-electron chi connectivity index (χ3n) is 9.16. The van der Waals surface area contributed by atoms with Crippen LogP contribution >= 0.6 is 0 Å². The molecule has 3 aliphatic rings. The standard InChI is InChI=1S/C30H52/c1-3-5-6-10-26-13-15-27(16-14-26)11-7-8-12-28-19-23-30(24-20-28)29-21-17-25(9-4-2)18-22-29/h3,5,7,11,25-30H,4,6,8-10,12-24H2,1-2H3/b5-3+,11-7+/t25-,26-,27-,28?,29-,30?. The van der Waals surface area contributed by atoms with Gasteiger partial charge in [0, 0.05) is 0 Å². The van der Waals surface area contributed by atoms with Crippen LogP contribution in [0.2, 0.25) is 0 Å². The van der Waals surface area contributed by atoms with Gasteiger partial charge in [-0.25, -0.2) is 0 Å². The molecule has 0 aromatic carbocycles. The zero-order valence-corrected chi connectivity index (χ0v) is 20.5. The molecule has 0 nitrogen and oxygen atoms in total. The number of hydrogen-bond donors (Lipinski definition) is 0. The van der Waals surface area contributed by atoms with Gasteiger partial charge in [0.2, 0.25) is 0 Å². The highest BCUT2D eigenvalue weighted by Gasteiger charge is 2.30. The van der Waals surface area contributed by atoms with Crippen molar-refractivity contribution in [3.05, 3.63) is 24.3 Å². The molecule has 3 aliphatic carbocycles. The van der Waals surface area contributed by atoms with Crippen LogP contribution in [-0.2, 0) is 0 Å². The summed E-state index contributed by atoms with van der Waals surface area (Å²) in [6, 6.07) is 0. The molecule has 0 N–H and O–H groups in total. The molecule has 0 saturated heterocycles. The van der Waals surface area contributed by atoms with E-state index in [-0.39, 0.29) is 0 Å².